The number of carbonyl (C=O) groups excluding carboxylic acids is 3. The van der Waals surface area contributed by atoms with Crippen molar-refractivity contribution in [1.29, 1.82) is 0 Å². The Morgan fingerprint density at radius 1 is 0.926 bits per heavy atom. The number of benzene rings is 2. The highest BCUT2D eigenvalue weighted by Gasteiger charge is 2.15. The molecular weight excluding hydrogens is 346 g/mol. The van der Waals surface area contributed by atoms with E-state index >= 15 is 0 Å². The van der Waals surface area contributed by atoms with Crippen LogP contribution in [0.1, 0.15) is 24.2 Å². The summed E-state index contributed by atoms with van der Waals surface area (Å²) in [5.74, 6) is 0.207. The van der Waals surface area contributed by atoms with E-state index in [1.807, 2.05) is 30.3 Å². The third-order valence-corrected chi connectivity index (χ3v) is 3.63. The van der Waals surface area contributed by atoms with Gasteiger partial charge in [0.25, 0.3) is 5.91 Å². The molecule has 3 amide bonds. The molecule has 142 valence electrons. The predicted octanol–water partition coefficient (Wildman–Crippen LogP) is 1.85. The number of hydrogen-bond donors (Lipinski definition) is 3. The molecule has 3 N–H and O–H groups in total. The van der Waals surface area contributed by atoms with Crippen LogP contribution < -0.4 is 20.7 Å². The van der Waals surface area contributed by atoms with Crippen LogP contribution in [-0.2, 0) is 9.59 Å². The first-order chi connectivity index (χ1) is 13.0. The van der Waals surface area contributed by atoms with Gasteiger partial charge in [-0.25, -0.2) is 0 Å². The molecule has 0 unspecified atom stereocenters. The van der Waals surface area contributed by atoms with Gasteiger partial charge in [-0.2, -0.15) is 0 Å². The van der Waals surface area contributed by atoms with E-state index in [9.17, 15) is 14.4 Å². The van der Waals surface area contributed by atoms with Crippen molar-refractivity contribution in [3.63, 3.8) is 0 Å². The summed E-state index contributed by atoms with van der Waals surface area (Å²) in [5.41, 5.74) is 0.403. The third-order valence-electron chi connectivity index (χ3n) is 3.63. The molecule has 27 heavy (non-hydrogen) atoms. The summed E-state index contributed by atoms with van der Waals surface area (Å²) in [5, 5.41) is 7.65. The Labute approximate surface area is 158 Å². The van der Waals surface area contributed by atoms with E-state index in [4.69, 9.17) is 4.74 Å². The van der Waals surface area contributed by atoms with E-state index in [0.717, 1.165) is 0 Å². The second-order valence-electron chi connectivity index (χ2n) is 5.81. The standard InChI is InChI=1S/C20H23N3O4/c1-3-21-19(25)14(2)23-18(24)13-22-20(26)15-9-11-17(12-10-15)27-16-7-5-4-6-8-16/h4-12,14H,3,13H2,1-2H3,(H,21,25)(H,22,26)(H,23,24)/t14-/m1/s1. The van der Waals surface area contributed by atoms with Crippen molar-refractivity contribution in [2.45, 2.75) is 19.9 Å². The predicted molar refractivity (Wildman–Crippen MR) is 102 cm³/mol. The first-order valence-corrected chi connectivity index (χ1v) is 8.68. The molecule has 0 fully saturated rings. The average Bonchev–Trinajstić information content (AvgIpc) is 2.67. The summed E-state index contributed by atoms with van der Waals surface area (Å²) in [6, 6.07) is 15.2. The van der Waals surface area contributed by atoms with Gasteiger partial charge in [0.2, 0.25) is 11.8 Å². The van der Waals surface area contributed by atoms with Crippen molar-refractivity contribution < 1.29 is 19.1 Å². The molecule has 0 aliphatic rings. The van der Waals surface area contributed by atoms with Crippen LogP contribution in [0.15, 0.2) is 54.6 Å². The van der Waals surface area contributed by atoms with Gasteiger partial charge in [-0.3, -0.25) is 14.4 Å². The number of likely N-dealkylation sites (N-methyl/N-ethyl adjacent to an activating group) is 1. The minimum Gasteiger partial charge on any atom is -0.457 e. The maximum absolute atomic E-state index is 12.1. The molecule has 0 spiro atoms. The topological polar surface area (TPSA) is 96.5 Å². The second-order valence-corrected chi connectivity index (χ2v) is 5.81. The molecule has 1 atom stereocenters. The number of nitrogens with one attached hydrogen (secondary N) is 3. The summed E-state index contributed by atoms with van der Waals surface area (Å²) >= 11 is 0. The molecule has 0 saturated heterocycles. The third kappa shape index (κ3) is 6.47. The second kappa shape index (κ2) is 9.96. The maximum Gasteiger partial charge on any atom is 0.251 e. The molecule has 7 heteroatoms. The lowest BCUT2D eigenvalue weighted by Crippen LogP contribution is -2.47. The zero-order valence-corrected chi connectivity index (χ0v) is 15.3. The van der Waals surface area contributed by atoms with Crippen LogP contribution in [0.5, 0.6) is 11.5 Å². The molecule has 0 heterocycles. The van der Waals surface area contributed by atoms with Crippen LogP contribution in [-0.4, -0.2) is 36.9 Å². The number of carbonyl (C=O) groups is 3. The molecule has 0 aromatic heterocycles. The normalized spacial score (nSPS) is 11.2. The number of hydrogen-bond acceptors (Lipinski definition) is 4. The fourth-order valence-electron chi connectivity index (χ4n) is 2.25. The molecule has 0 aliphatic heterocycles. The summed E-state index contributed by atoms with van der Waals surface area (Å²) in [7, 11) is 0. The first kappa shape index (κ1) is 20.0. The van der Waals surface area contributed by atoms with E-state index in [2.05, 4.69) is 16.0 Å². The molecule has 0 saturated carbocycles. The zero-order chi connectivity index (χ0) is 19.6. The highest BCUT2D eigenvalue weighted by Crippen LogP contribution is 2.21. The van der Waals surface area contributed by atoms with E-state index in [-0.39, 0.29) is 18.4 Å². The minimum atomic E-state index is -0.663. The highest BCUT2D eigenvalue weighted by atomic mass is 16.5. The van der Waals surface area contributed by atoms with Crippen LogP contribution in [0, 0.1) is 0 Å². The van der Waals surface area contributed by atoms with Crippen LogP contribution >= 0.6 is 0 Å². The van der Waals surface area contributed by atoms with Crippen LogP contribution in [0.3, 0.4) is 0 Å². The van der Waals surface area contributed by atoms with Gasteiger partial charge in [0.15, 0.2) is 0 Å². The van der Waals surface area contributed by atoms with Gasteiger partial charge in [0.05, 0.1) is 6.54 Å². The number of para-hydroxylation sites is 1. The Morgan fingerprint density at radius 3 is 2.19 bits per heavy atom. The van der Waals surface area contributed by atoms with Gasteiger partial charge in [-0.05, 0) is 50.2 Å². The van der Waals surface area contributed by atoms with Crippen LogP contribution in [0.4, 0.5) is 0 Å². The Balaban J connectivity index is 1.82. The van der Waals surface area contributed by atoms with Gasteiger partial charge in [-0.15, -0.1) is 0 Å². The Kier molecular flexibility index (Phi) is 7.37. The SMILES string of the molecule is CCNC(=O)[C@@H](C)NC(=O)CNC(=O)c1ccc(Oc2ccccc2)cc1. The number of amides is 3. The first-order valence-electron chi connectivity index (χ1n) is 8.68. The van der Waals surface area contributed by atoms with Gasteiger partial charge < -0.3 is 20.7 Å². The summed E-state index contributed by atoms with van der Waals surface area (Å²) in [4.78, 5) is 35.5. The molecule has 0 radical (unpaired) electrons. The van der Waals surface area contributed by atoms with Crippen molar-refractivity contribution in [1.82, 2.24) is 16.0 Å². The van der Waals surface area contributed by atoms with E-state index in [1.165, 1.54) is 0 Å². The molecular formula is C20H23N3O4. The Morgan fingerprint density at radius 2 is 1.56 bits per heavy atom. The fraction of sp³-hybridized carbons (Fsp3) is 0.250. The van der Waals surface area contributed by atoms with Crippen molar-refractivity contribution in [2.24, 2.45) is 0 Å². The summed E-state index contributed by atoms with van der Waals surface area (Å²) < 4.78 is 5.66. The molecule has 0 aliphatic carbocycles. The van der Waals surface area contributed by atoms with E-state index in [0.29, 0.717) is 23.6 Å². The van der Waals surface area contributed by atoms with Crippen molar-refractivity contribution in [2.75, 3.05) is 13.1 Å². The Hall–Kier alpha value is -3.35. The Bertz CT molecular complexity index is 776. The molecule has 2 aromatic carbocycles. The van der Waals surface area contributed by atoms with Crippen LogP contribution in [0.2, 0.25) is 0 Å². The quantitative estimate of drug-likeness (QED) is 0.662. The molecule has 0 bridgehead atoms. The monoisotopic (exact) mass is 369 g/mol. The van der Waals surface area contributed by atoms with Gasteiger partial charge in [-0.1, -0.05) is 18.2 Å². The molecule has 2 rings (SSSR count). The minimum absolute atomic E-state index is 0.217. The van der Waals surface area contributed by atoms with Gasteiger partial charge in [0.1, 0.15) is 17.5 Å². The summed E-state index contributed by atoms with van der Waals surface area (Å²) in [6.07, 6.45) is 0. The smallest absolute Gasteiger partial charge is 0.251 e. The summed E-state index contributed by atoms with van der Waals surface area (Å²) in [6.45, 7) is 3.64. The number of ether oxygens (including phenoxy) is 1. The highest BCUT2D eigenvalue weighted by molar-refractivity contribution is 5.97. The van der Waals surface area contributed by atoms with Gasteiger partial charge >= 0.3 is 0 Å². The van der Waals surface area contributed by atoms with Crippen molar-refractivity contribution in [3.05, 3.63) is 60.2 Å². The van der Waals surface area contributed by atoms with E-state index < -0.39 is 11.9 Å². The lowest BCUT2D eigenvalue weighted by molar-refractivity contribution is -0.128. The lowest BCUT2D eigenvalue weighted by Gasteiger charge is -2.13. The molecule has 2 aromatic rings. The lowest BCUT2D eigenvalue weighted by atomic mass is 10.2. The zero-order valence-electron chi connectivity index (χ0n) is 15.3. The fourth-order valence-corrected chi connectivity index (χ4v) is 2.25. The van der Waals surface area contributed by atoms with Crippen molar-refractivity contribution in [3.8, 4) is 11.5 Å². The van der Waals surface area contributed by atoms with Crippen LogP contribution in [0.25, 0.3) is 0 Å². The van der Waals surface area contributed by atoms with Gasteiger partial charge in [0, 0.05) is 12.1 Å². The average molecular weight is 369 g/mol. The van der Waals surface area contributed by atoms with Crippen molar-refractivity contribution >= 4 is 17.7 Å². The maximum atomic E-state index is 12.1. The number of rotatable bonds is 8. The van der Waals surface area contributed by atoms with E-state index in [1.54, 1.807) is 38.1 Å². The largest absolute Gasteiger partial charge is 0.457 e. The molecule has 7 nitrogen and oxygen atoms in total.